The summed E-state index contributed by atoms with van der Waals surface area (Å²) in [5.41, 5.74) is 0.892. The minimum Gasteiger partial charge on any atom is -0.497 e. The third-order valence-electron chi connectivity index (χ3n) is 3.16. The largest absolute Gasteiger partial charge is 0.497 e. The second-order valence-electron chi connectivity index (χ2n) is 4.13. The average Bonchev–Trinajstić information content (AvgIpc) is 2.80. The molecule has 0 radical (unpaired) electrons. The Morgan fingerprint density at radius 3 is 2.83 bits per heavy atom. The molecular weight excluding hydrogens is 234 g/mol. The molecule has 18 heavy (non-hydrogen) atoms. The number of rotatable bonds is 3. The van der Waals surface area contributed by atoms with Gasteiger partial charge in [-0.1, -0.05) is 12.1 Å². The molecule has 0 aromatic heterocycles. The van der Waals surface area contributed by atoms with E-state index in [0.29, 0.717) is 12.3 Å². The highest BCUT2D eigenvalue weighted by molar-refractivity contribution is 6.00. The molecule has 0 aliphatic carbocycles. The Balaban J connectivity index is 2.30. The van der Waals surface area contributed by atoms with Gasteiger partial charge < -0.3 is 14.8 Å². The summed E-state index contributed by atoms with van der Waals surface area (Å²) in [5.74, 6) is -1.06. The Bertz CT molecular complexity index is 472. The van der Waals surface area contributed by atoms with E-state index >= 15 is 0 Å². The van der Waals surface area contributed by atoms with Crippen LogP contribution in [0.2, 0.25) is 0 Å². The van der Waals surface area contributed by atoms with E-state index in [2.05, 4.69) is 10.1 Å². The van der Waals surface area contributed by atoms with Gasteiger partial charge in [-0.25, -0.2) is 0 Å². The van der Waals surface area contributed by atoms with Crippen molar-refractivity contribution in [3.8, 4) is 5.75 Å². The molecule has 1 aliphatic rings. The summed E-state index contributed by atoms with van der Waals surface area (Å²) in [5, 5.41) is 2.69. The van der Waals surface area contributed by atoms with E-state index in [-0.39, 0.29) is 11.8 Å². The summed E-state index contributed by atoms with van der Waals surface area (Å²) in [6.45, 7) is 0.436. The zero-order chi connectivity index (χ0) is 13.1. The topological polar surface area (TPSA) is 64.6 Å². The maximum absolute atomic E-state index is 11.7. The van der Waals surface area contributed by atoms with Gasteiger partial charge >= 0.3 is 5.97 Å². The van der Waals surface area contributed by atoms with E-state index in [0.717, 1.165) is 5.56 Å². The molecule has 1 saturated heterocycles. The van der Waals surface area contributed by atoms with Crippen LogP contribution in [0.1, 0.15) is 11.5 Å². The normalized spacial score (nSPS) is 22.4. The van der Waals surface area contributed by atoms with Gasteiger partial charge in [-0.05, 0) is 17.7 Å². The summed E-state index contributed by atoms with van der Waals surface area (Å²) in [6, 6.07) is 7.37. The molecule has 1 unspecified atom stereocenters. The molecule has 96 valence electrons. The van der Waals surface area contributed by atoms with Crippen LogP contribution >= 0.6 is 0 Å². The first-order valence-electron chi connectivity index (χ1n) is 5.67. The third kappa shape index (κ3) is 2.16. The fraction of sp³-hybridized carbons (Fsp3) is 0.385. The van der Waals surface area contributed by atoms with Gasteiger partial charge in [0.05, 0.1) is 14.2 Å². The first-order valence-corrected chi connectivity index (χ1v) is 5.67. The standard InChI is InChI=1S/C13H15NO4/c1-17-9-5-3-4-8(6-9)10-7-14-12(15)11(10)13(16)18-2/h3-6,10-11H,7H2,1-2H3,(H,14,15)/t10-,11?/m1/s1. The lowest BCUT2D eigenvalue weighted by atomic mass is 9.88. The molecule has 1 aromatic rings. The maximum atomic E-state index is 11.7. The predicted molar refractivity (Wildman–Crippen MR) is 64.3 cm³/mol. The van der Waals surface area contributed by atoms with Crippen LogP contribution in [0, 0.1) is 5.92 Å². The molecule has 0 spiro atoms. The van der Waals surface area contributed by atoms with Gasteiger partial charge in [0.2, 0.25) is 5.91 Å². The Hall–Kier alpha value is -2.04. The summed E-state index contributed by atoms with van der Waals surface area (Å²) in [4.78, 5) is 23.3. The number of carbonyl (C=O) groups excluding carboxylic acids is 2. The van der Waals surface area contributed by atoms with E-state index in [1.807, 2.05) is 24.3 Å². The summed E-state index contributed by atoms with van der Waals surface area (Å²) in [7, 11) is 2.87. The molecule has 1 aromatic carbocycles. The van der Waals surface area contributed by atoms with Crippen molar-refractivity contribution in [2.24, 2.45) is 5.92 Å². The van der Waals surface area contributed by atoms with Crippen LogP contribution in [0.5, 0.6) is 5.75 Å². The Morgan fingerprint density at radius 1 is 1.39 bits per heavy atom. The zero-order valence-corrected chi connectivity index (χ0v) is 10.3. The number of esters is 1. The quantitative estimate of drug-likeness (QED) is 0.632. The number of amides is 1. The van der Waals surface area contributed by atoms with Crippen molar-refractivity contribution >= 4 is 11.9 Å². The number of benzene rings is 1. The Labute approximate surface area is 105 Å². The van der Waals surface area contributed by atoms with E-state index < -0.39 is 11.9 Å². The molecule has 5 heteroatoms. The number of hydrogen-bond acceptors (Lipinski definition) is 4. The fourth-order valence-corrected chi connectivity index (χ4v) is 2.20. The van der Waals surface area contributed by atoms with Crippen molar-refractivity contribution in [2.75, 3.05) is 20.8 Å². The fourth-order valence-electron chi connectivity index (χ4n) is 2.20. The van der Waals surface area contributed by atoms with Crippen molar-refractivity contribution in [3.05, 3.63) is 29.8 Å². The Kier molecular flexibility index (Phi) is 3.50. The molecule has 1 heterocycles. The SMILES string of the molecule is COC(=O)C1C(=O)NC[C@@H]1c1cccc(OC)c1. The second-order valence-corrected chi connectivity index (χ2v) is 4.13. The van der Waals surface area contributed by atoms with E-state index in [4.69, 9.17) is 4.74 Å². The molecule has 1 fully saturated rings. The van der Waals surface area contributed by atoms with Crippen molar-refractivity contribution in [2.45, 2.75) is 5.92 Å². The lowest BCUT2D eigenvalue weighted by molar-refractivity contribution is -0.149. The summed E-state index contributed by atoms with van der Waals surface area (Å²) >= 11 is 0. The van der Waals surface area contributed by atoms with Gasteiger partial charge in [0.15, 0.2) is 0 Å². The smallest absolute Gasteiger partial charge is 0.318 e. The van der Waals surface area contributed by atoms with Crippen LogP contribution in [0.25, 0.3) is 0 Å². The molecule has 0 bridgehead atoms. The van der Waals surface area contributed by atoms with Crippen molar-refractivity contribution in [3.63, 3.8) is 0 Å². The van der Waals surface area contributed by atoms with Crippen molar-refractivity contribution < 1.29 is 19.1 Å². The van der Waals surface area contributed by atoms with Crippen LogP contribution in [0.3, 0.4) is 0 Å². The van der Waals surface area contributed by atoms with Crippen LogP contribution in [0.15, 0.2) is 24.3 Å². The van der Waals surface area contributed by atoms with E-state index in [1.165, 1.54) is 7.11 Å². The van der Waals surface area contributed by atoms with Crippen molar-refractivity contribution in [1.29, 1.82) is 0 Å². The molecule has 5 nitrogen and oxygen atoms in total. The third-order valence-corrected chi connectivity index (χ3v) is 3.16. The molecule has 2 rings (SSSR count). The minimum absolute atomic E-state index is 0.208. The predicted octanol–water partition coefficient (Wildman–Crippen LogP) is 0.698. The number of hydrogen-bond donors (Lipinski definition) is 1. The molecule has 0 saturated carbocycles. The first-order chi connectivity index (χ1) is 8.67. The van der Waals surface area contributed by atoms with E-state index in [9.17, 15) is 9.59 Å². The second kappa shape index (κ2) is 5.08. The van der Waals surface area contributed by atoms with Crippen LogP contribution < -0.4 is 10.1 Å². The minimum atomic E-state index is -0.776. The highest BCUT2D eigenvalue weighted by Gasteiger charge is 2.41. The zero-order valence-electron chi connectivity index (χ0n) is 10.3. The molecule has 1 N–H and O–H groups in total. The number of ether oxygens (including phenoxy) is 2. The molecular formula is C13H15NO4. The number of methoxy groups -OCH3 is 2. The summed E-state index contributed by atoms with van der Waals surface area (Å²) in [6.07, 6.45) is 0. The molecule has 2 atom stereocenters. The van der Waals surface area contributed by atoms with Gasteiger partial charge in [-0.15, -0.1) is 0 Å². The lowest BCUT2D eigenvalue weighted by Crippen LogP contribution is -2.28. The summed E-state index contributed by atoms with van der Waals surface area (Å²) < 4.78 is 9.82. The van der Waals surface area contributed by atoms with E-state index in [1.54, 1.807) is 7.11 Å². The van der Waals surface area contributed by atoms with Gasteiger partial charge in [0.1, 0.15) is 11.7 Å². The van der Waals surface area contributed by atoms with Crippen LogP contribution in [-0.2, 0) is 14.3 Å². The number of nitrogens with one attached hydrogen (secondary N) is 1. The monoisotopic (exact) mass is 249 g/mol. The van der Waals surface area contributed by atoms with Crippen LogP contribution in [-0.4, -0.2) is 32.6 Å². The van der Waals surface area contributed by atoms with Gasteiger partial charge in [-0.3, -0.25) is 9.59 Å². The highest BCUT2D eigenvalue weighted by Crippen LogP contribution is 2.31. The molecule has 1 amide bonds. The maximum Gasteiger partial charge on any atom is 0.318 e. The van der Waals surface area contributed by atoms with Gasteiger partial charge in [0, 0.05) is 12.5 Å². The van der Waals surface area contributed by atoms with Crippen LogP contribution in [0.4, 0.5) is 0 Å². The lowest BCUT2D eigenvalue weighted by Gasteiger charge is -2.15. The molecule has 1 aliphatic heterocycles. The van der Waals surface area contributed by atoms with Crippen molar-refractivity contribution in [1.82, 2.24) is 5.32 Å². The van der Waals surface area contributed by atoms with Gasteiger partial charge in [-0.2, -0.15) is 0 Å². The number of carbonyl (C=O) groups is 2. The highest BCUT2D eigenvalue weighted by atomic mass is 16.5. The first kappa shape index (κ1) is 12.4. The van der Waals surface area contributed by atoms with Gasteiger partial charge in [0.25, 0.3) is 0 Å². The average molecular weight is 249 g/mol. The Morgan fingerprint density at radius 2 is 2.17 bits per heavy atom.